The predicted octanol–water partition coefficient (Wildman–Crippen LogP) is 3.40. The van der Waals surface area contributed by atoms with E-state index >= 15 is 0 Å². The van der Waals surface area contributed by atoms with E-state index in [4.69, 9.17) is 9.47 Å². The molecule has 0 bridgehead atoms. The van der Waals surface area contributed by atoms with Crippen molar-refractivity contribution < 1.29 is 13.9 Å². The molecule has 0 saturated heterocycles. The summed E-state index contributed by atoms with van der Waals surface area (Å²) in [5.74, 6) is 0.890. The molecule has 0 amide bonds. The third-order valence-corrected chi connectivity index (χ3v) is 4.72. The summed E-state index contributed by atoms with van der Waals surface area (Å²) in [5.41, 5.74) is 1.11. The van der Waals surface area contributed by atoms with Crippen LogP contribution in [0.25, 0.3) is 0 Å². The van der Waals surface area contributed by atoms with Gasteiger partial charge in [0.15, 0.2) is 0 Å². The molecule has 1 N–H and O–H groups in total. The number of ether oxygens (including phenoxy) is 2. The molecular weight excluding hydrogens is 289 g/mol. The maximum absolute atomic E-state index is 13.8. The highest BCUT2D eigenvalue weighted by Crippen LogP contribution is 2.37. The molecule has 1 aliphatic rings. The molecule has 1 aromatic carbocycles. The van der Waals surface area contributed by atoms with Crippen LogP contribution in [0.5, 0.6) is 0 Å². The number of unbranched alkanes of at least 4 members (excludes halogenated alkanes) is 1. The summed E-state index contributed by atoms with van der Waals surface area (Å²) in [4.78, 5) is 0.823. The minimum Gasteiger partial charge on any atom is -0.382 e. The first kappa shape index (κ1) is 16.7. The highest BCUT2D eigenvalue weighted by molar-refractivity contribution is 7.99. The minimum absolute atomic E-state index is 0.0875. The van der Waals surface area contributed by atoms with Crippen molar-refractivity contribution in [1.82, 2.24) is 5.32 Å². The van der Waals surface area contributed by atoms with E-state index in [9.17, 15) is 4.39 Å². The minimum atomic E-state index is -0.0875. The van der Waals surface area contributed by atoms with Crippen molar-refractivity contribution in [2.45, 2.75) is 30.2 Å². The van der Waals surface area contributed by atoms with Gasteiger partial charge in [-0.15, -0.1) is 11.8 Å². The molecule has 5 heteroatoms. The van der Waals surface area contributed by atoms with E-state index in [0.29, 0.717) is 13.2 Å². The molecule has 0 radical (unpaired) electrons. The van der Waals surface area contributed by atoms with Crippen LogP contribution in [0.4, 0.5) is 4.39 Å². The SMILES string of the molecule is COCCOCCCCNC1CCSc2c(F)cccc21. The lowest BCUT2D eigenvalue weighted by atomic mass is 10.0. The second-order valence-electron chi connectivity index (χ2n) is 5.11. The van der Waals surface area contributed by atoms with Gasteiger partial charge >= 0.3 is 0 Å². The summed E-state index contributed by atoms with van der Waals surface area (Å²) in [6.45, 7) is 3.03. The third-order valence-electron chi connectivity index (χ3n) is 3.56. The van der Waals surface area contributed by atoms with Gasteiger partial charge in [-0.1, -0.05) is 12.1 Å². The molecule has 0 saturated carbocycles. The van der Waals surface area contributed by atoms with Gasteiger partial charge in [0.05, 0.1) is 13.2 Å². The zero-order valence-electron chi connectivity index (χ0n) is 12.6. The van der Waals surface area contributed by atoms with Crippen molar-refractivity contribution in [3.63, 3.8) is 0 Å². The number of benzene rings is 1. The van der Waals surface area contributed by atoms with Crippen molar-refractivity contribution in [2.24, 2.45) is 0 Å². The van der Waals surface area contributed by atoms with Crippen molar-refractivity contribution >= 4 is 11.8 Å². The fourth-order valence-corrected chi connectivity index (χ4v) is 3.59. The van der Waals surface area contributed by atoms with Gasteiger partial charge in [-0.3, -0.25) is 0 Å². The smallest absolute Gasteiger partial charge is 0.137 e. The number of halogens is 1. The van der Waals surface area contributed by atoms with Crippen molar-refractivity contribution in [3.8, 4) is 0 Å². The standard InChI is InChI=1S/C16H24FNO2S/c1-19-10-11-20-9-3-2-8-18-15-7-12-21-16-13(15)5-4-6-14(16)17/h4-6,15,18H,2-3,7-12H2,1H3. The Hall–Kier alpha value is -0.620. The number of fused-ring (bicyclic) bond motifs is 1. The number of hydrogen-bond acceptors (Lipinski definition) is 4. The zero-order valence-corrected chi connectivity index (χ0v) is 13.4. The Balaban J connectivity index is 1.67. The van der Waals surface area contributed by atoms with E-state index < -0.39 is 0 Å². The molecule has 0 aromatic heterocycles. The summed E-state index contributed by atoms with van der Waals surface area (Å²) < 4.78 is 24.1. The van der Waals surface area contributed by atoms with Gasteiger partial charge in [0.25, 0.3) is 0 Å². The summed E-state index contributed by atoms with van der Waals surface area (Å²) in [7, 11) is 1.68. The van der Waals surface area contributed by atoms with Crippen LogP contribution in [-0.4, -0.2) is 39.2 Å². The summed E-state index contributed by atoms with van der Waals surface area (Å²) in [6, 6.07) is 5.67. The molecule has 118 valence electrons. The van der Waals surface area contributed by atoms with E-state index in [1.807, 2.05) is 6.07 Å². The topological polar surface area (TPSA) is 30.5 Å². The molecule has 1 atom stereocenters. The van der Waals surface area contributed by atoms with Crippen LogP contribution < -0.4 is 5.32 Å². The van der Waals surface area contributed by atoms with Gasteiger partial charge in [0, 0.05) is 24.7 Å². The van der Waals surface area contributed by atoms with Crippen LogP contribution in [0.15, 0.2) is 23.1 Å². The number of thioether (sulfide) groups is 1. The number of rotatable bonds is 9. The normalized spacial score (nSPS) is 17.7. The quantitative estimate of drug-likeness (QED) is 0.708. The molecule has 1 aliphatic heterocycles. The van der Waals surface area contributed by atoms with Gasteiger partial charge in [-0.05, 0) is 43.2 Å². The van der Waals surface area contributed by atoms with E-state index in [2.05, 4.69) is 5.32 Å². The second-order valence-corrected chi connectivity index (χ2v) is 6.22. The molecule has 0 spiro atoms. The van der Waals surface area contributed by atoms with Crippen LogP contribution in [0.3, 0.4) is 0 Å². The predicted molar refractivity (Wildman–Crippen MR) is 84.4 cm³/mol. The lowest BCUT2D eigenvalue weighted by Crippen LogP contribution is -2.26. The molecule has 3 nitrogen and oxygen atoms in total. The van der Waals surface area contributed by atoms with Crippen LogP contribution >= 0.6 is 11.8 Å². The number of hydrogen-bond donors (Lipinski definition) is 1. The average molecular weight is 313 g/mol. The van der Waals surface area contributed by atoms with Crippen LogP contribution in [0, 0.1) is 5.82 Å². The number of methoxy groups -OCH3 is 1. The molecule has 0 fully saturated rings. The lowest BCUT2D eigenvalue weighted by Gasteiger charge is -2.26. The van der Waals surface area contributed by atoms with Crippen LogP contribution in [0.2, 0.25) is 0 Å². The van der Waals surface area contributed by atoms with Gasteiger partial charge in [0.1, 0.15) is 5.82 Å². The van der Waals surface area contributed by atoms with E-state index in [0.717, 1.165) is 48.6 Å². The second kappa shape index (κ2) is 9.41. The molecule has 1 heterocycles. The maximum atomic E-state index is 13.8. The fourth-order valence-electron chi connectivity index (χ4n) is 2.45. The van der Waals surface area contributed by atoms with Gasteiger partial charge in [-0.25, -0.2) is 4.39 Å². The summed E-state index contributed by atoms with van der Waals surface area (Å²) >= 11 is 1.63. The Morgan fingerprint density at radius 2 is 2.19 bits per heavy atom. The Morgan fingerprint density at radius 1 is 1.29 bits per heavy atom. The van der Waals surface area contributed by atoms with E-state index in [-0.39, 0.29) is 11.9 Å². The van der Waals surface area contributed by atoms with Crippen molar-refractivity contribution in [3.05, 3.63) is 29.6 Å². The first-order valence-corrected chi connectivity index (χ1v) is 8.52. The van der Waals surface area contributed by atoms with Crippen LogP contribution in [-0.2, 0) is 9.47 Å². The fraction of sp³-hybridized carbons (Fsp3) is 0.625. The van der Waals surface area contributed by atoms with E-state index in [1.165, 1.54) is 0 Å². The Labute approximate surface area is 130 Å². The Kier molecular flexibility index (Phi) is 7.50. The number of nitrogens with one attached hydrogen (secondary N) is 1. The lowest BCUT2D eigenvalue weighted by molar-refractivity contribution is 0.0687. The largest absolute Gasteiger partial charge is 0.382 e. The maximum Gasteiger partial charge on any atom is 0.137 e. The van der Waals surface area contributed by atoms with Crippen LogP contribution in [0.1, 0.15) is 30.9 Å². The first-order chi connectivity index (χ1) is 10.3. The monoisotopic (exact) mass is 313 g/mol. The van der Waals surface area contributed by atoms with Crippen molar-refractivity contribution in [1.29, 1.82) is 0 Å². The first-order valence-electron chi connectivity index (χ1n) is 7.54. The highest BCUT2D eigenvalue weighted by Gasteiger charge is 2.22. The van der Waals surface area contributed by atoms with Gasteiger partial charge in [0.2, 0.25) is 0 Å². The zero-order chi connectivity index (χ0) is 14.9. The summed E-state index contributed by atoms with van der Waals surface area (Å²) in [6.07, 6.45) is 3.17. The Morgan fingerprint density at radius 3 is 3.05 bits per heavy atom. The molecule has 1 aromatic rings. The van der Waals surface area contributed by atoms with Crippen molar-refractivity contribution in [2.75, 3.05) is 39.2 Å². The molecule has 2 rings (SSSR count). The third kappa shape index (κ3) is 5.25. The Bertz CT molecular complexity index is 431. The van der Waals surface area contributed by atoms with Gasteiger partial charge in [-0.2, -0.15) is 0 Å². The van der Waals surface area contributed by atoms with E-state index in [1.54, 1.807) is 31.0 Å². The molecule has 1 unspecified atom stereocenters. The molecule has 21 heavy (non-hydrogen) atoms. The summed E-state index contributed by atoms with van der Waals surface area (Å²) in [5, 5.41) is 3.55. The average Bonchev–Trinajstić information content (AvgIpc) is 2.51. The molecular formula is C16H24FNO2S. The highest BCUT2D eigenvalue weighted by atomic mass is 32.2. The van der Waals surface area contributed by atoms with Gasteiger partial charge < -0.3 is 14.8 Å². The molecule has 0 aliphatic carbocycles.